The molecule has 0 spiro atoms. The van der Waals surface area contributed by atoms with Gasteiger partial charge in [-0.3, -0.25) is 0 Å². The first kappa shape index (κ1) is 12.7. The van der Waals surface area contributed by atoms with Crippen LogP contribution in [0.25, 0.3) is 0 Å². The smallest absolute Gasteiger partial charge is 0.0517 e. The molecular formula is C11H22O2. The van der Waals surface area contributed by atoms with Crippen molar-refractivity contribution in [1.29, 1.82) is 0 Å². The van der Waals surface area contributed by atoms with Crippen LogP contribution in [0.5, 0.6) is 0 Å². The zero-order valence-corrected chi connectivity index (χ0v) is 9.12. The minimum atomic E-state index is -0.382. The van der Waals surface area contributed by atoms with Crippen LogP contribution in [0, 0.1) is 17.3 Å². The van der Waals surface area contributed by atoms with Gasteiger partial charge in [-0.05, 0) is 18.8 Å². The lowest BCUT2D eigenvalue weighted by Crippen LogP contribution is -2.40. The van der Waals surface area contributed by atoms with Crippen LogP contribution < -0.4 is 0 Å². The molecule has 0 saturated carbocycles. The van der Waals surface area contributed by atoms with Gasteiger partial charge in [-0.1, -0.05) is 32.9 Å². The van der Waals surface area contributed by atoms with E-state index >= 15 is 0 Å². The van der Waals surface area contributed by atoms with Gasteiger partial charge in [0.15, 0.2) is 0 Å². The summed E-state index contributed by atoms with van der Waals surface area (Å²) >= 11 is 0. The van der Waals surface area contributed by atoms with E-state index in [2.05, 4.69) is 0 Å². The van der Waals surface area contributed by atoms with Gasteiger partial charge in [0.05, 0.1) is 13.2 Å². The Balaban J connectivity index is 4.74. The van der Waals surface area contributed by atoms with Crippen molar-refractivity contribution in [2.75, 3.05) is 13.2 Å². The Morgan fingerprint density at radius 1 is 1.15 bits per heavy atom. The summed E-state index contributed by atoms with van der Waals surface area (Å²) in [6.45, 7) is 8.13. The Bertz CT molecular complexity index is 157. The van der Waals surface area contributed by atoms with Crippen LogP contribution in [0.1, 0.15) is 27.7 Å². The minimum absolute atomic E-state index is 0.0344. The predicted octanol–water partition coefficient (Wildman–Crippen LogP) is 1.83. The molecule has 0 radical (unpaired) electrons. The van der Waals surface area contributed by atoms with E-state index in [0.29, 0.717) is 0 Å². The molecule has 1 unspecified atom stereocenters. The number of allylic oxidation sites excluding steroid dienone is 2. The molecule has 2 N–H and O–H groups in total. The molecule has 13 heavy (non-hydrogen) atoms. The molecule has 0 saturated heterocycles. The van der Waals surface area contributed by atoms with Gasteiger partial charge in [0.1, 0.15) is 0 Å². The van der Waals surface area contributed by atoms with Gasteiger partial charge >= 0.3 is 0 Å². The van der Waals surface area contributed by atoms with Crippen molar-refractivity contribution in [3.05, 3.63) is 12.2 Å². The molecular weight excluding hydrogens is 164 g/mol. The lowest BCUT2D eigenvalue weighted by Gasteiger charge is -2.38. The molecule has 0 bridgehead atoms. The highest BCUT2D eigenvalue weighted by Crippen LogP contribution is 2.35. The third-order valence-electron chi connectivity index (χ3n) is 3.13. The normalized spacial score (nSPS) is 15.6. The second kappa shape index (κ2) is 5.40. The molecule has 0 rings (SSSR count). The fourth-order valence-electron chi connectivity index (χ4n) is 1.71. The highest BCUT2D eigenvalue weighted by Gasteiger charge is 2.36. The van der Waals surface area contributed by atoms with Crippen molar-refractivity contribution >= 4 is 0 Å². The van der Waals surface area contributed by atoms with Crippen LogP contribution >= 0.6 is 0 Å². The molecule has 78 valence electrons. The second-order valence-corrected chi connectivity index (χ2v) is 4.02. The van der Waals surface area contributed by atoms with Gasteiger partial charge in [-0.25, -0.2) is 0 Å². The van der Waals surface area contributed by atoms with E-state index in [1.807, 2.05) is 39.8 Å². The maximum absolute atomic E-state index is 9.35. The van der Waals surface area contributed by atoms with E-state index < -0.39 is 0 Å². The average molecular weight is 186 g/mol. The number of hydrogen-bond acceptors (Lipinski definition) is 2. The first-order valence-corrected chi connectivity index (χ1v) is 4.89. The molecule has 0 fully saturated rings. The summed E-state index contributed by atoms with van der Waals surface area (Å²) in [4.78, 5) is 0. The molecule has 1 atom stereocenters. The number of hydrogen-bond donors (Lipinski definition) is 2. The summed E-state index contributed by atoms with van der Waals surface area (Å²) < 4.78 is 0. The van der Waals surface area contributed by atoms with Crippen LogP contribution in [0.2, 0.25) is 0 Å². The third-order valence-corrected chi connectivity index (χ3v) is 3.13. The summed E-state index contributed by atoms with van der Waals surface area (Å²) in [5.41, 5.74) is -0.382. The molecule has 0 aliphatic carbocycles. The largest absolute Gasteiger partial charge is 0.396 e. The van der Waals surface area contributed by atoms with Crippen molar-refractivity contribution in [2.45, 2.75) is 27.7 Å². The molecule has 0 amide bonds. The Hall–Kier alpha value is -0.340. The lowest BCUT2D eigenvalue weighted by molar-refractivity contribution is -0.0127. The zero-order valence-electron chi connectivity index (χ0n) is 9.12. The predicted molar refractivity (Wildman–Crippen MR) is 55.4 cm³/mol. The Morgan fingerprint density at radius 2 is 1.62 bits per heavy atom. The van der Waals surface area contributed by atoms with E-state index in [4.69, 9.17) is 0 Å². The Kier molecular flexibility index (Phi) is 5.26. The first-order chi connectivity index (χ1) is 6.05. The second-order valence-electron chi connectivity index (χ2n) is 4.02. The highest BCUT2D eigenvalue weighted by molar-refractivity contribution is 4.97. The van der Waals surface area contributed by atoms with Gasteiger partial charge < -0.3 is 10.2 Å². The lowest BCUT2D eigenvalue weighted by atomic mass is 9.69. The van der Waals surface area contributed by atoms with Crippen molar-refractivity contribution in [3.63, 3.8) is 0 Å². The van der Waals surface area contributed by atoms with Gasteiger partial charge in [0, 0.05) is 5.41 Å². The van der Waals surface area contributed by atoms with E-state index in [0.717, 1.165) is 0 Å². The maximum atomic E-state index is 9.35. The average Bonchev–Trinajstić information content (AvgIpc) is 2.07. The number of aliphatic hydroxyl groups is 2. The van der Waals surface area contributed by atoms with Crippen LogP contribution in [0.3, 0.4) is 0 Å². The summed E-state index contributed by atoms with van der Waals surface area (Å²) in [6, 6.07) is 0. The summed E-state index contributed by atoms with van der Waals surface area (Å²) in [5, 5.41) is 18.7. The molecule has 2 heteroatoms. The Morgan fingerprint density at radius 3 is 1.85 bits per heavy atom. The molecule has 2 nitrogen and oxygen atoms in total. The van der Waals surface area contributed by atoms with Gasteiger partial charge in [0.25, 0.3) is 0 Å². The van der Waals surface area contributed by atoms with Crippen molar-refractivity contribution < 1.29 is 10.2 Å². The van der Waals surface area contributed by atoms with Crippen LogP contribution in [0.4, 0.5) is 0 Å². The fourth-order valence-corrected chi connectivity index (χ4v) is 1.71. The standard InChI is InChI=1S/C11H22O2/c1-5-6-10(4)11(7-12,8-13)9(2)3/h5-6,9-10,12-13H,7-8H2,1-4H3. The maximum Gasteiger partial charge on any atom is 0.0517 e. The SMILES string of the molecule is CC=CC(C)C(CO)(CO)C(C)C. The van der Waals surface area contributed by atoms with Crippen LogP contribution in [-0.2, 0) is 0 Å². The summed E-state index contributed by atoms with van der Waals surface area (Å²) in [5.74, 6) is 0.473. The monoisotopic (exact) mass is 186 g/mol. The zero-order chi connectivity index (χ0) is 10.5. The molecule has 0 aliphatic heterocycles. The van der Waals surface area contributed by atoms with E-state index in [9.17, 15) is 10.2 Å². The molecule has 0 aromatic carbocycles. The quantitative estimate of drug-likeness (QED) is 0.643. The first-order valence-electron chi connectivity index (χ1n) is 4.89. The topological polar surface area (TPSA) is 40.5 Å². The molecule has 0 aliphatic rings. The minimum Gasteiger partial charge on any atom is -0.396 e. The van der Waals surface area contributed by atoms with Crippen molar-refractivity contribution in [3.8, 4) is 0 Å². The summed E-state index contributed by atoms with van der Waals surface area (Å²) in [7, 11) is 0. The van der Waals surface area contributed by atoms with Gasteiger partial charge in [-0.2, -0.15) is 0 Å². The molecule has 0 aromatic rings. The van der Waals surface area contributed by atoms with Gasteiger partial charge in [0.2, 0.25) is 0 Å². The Labute approximate surface area is 81.3 Å². The molecule has 0 heterocycles. The number of aliphatic hydroxyl groups excluding tert-OH is 2. The highest BCUT2D eigenvalue weighted by atomic mass is 16.3. The van der Waals surface area contributed by atoms with E-state index in [-0.39, 0.29) is 30.5 Å². The summed E-state index contributed by atoms with van der Waals surface area (Å²) in [6.07, 6.45) is 4.00. The molecule has 0 aromatic heterocycles. The van der Waals surface area contributed by atoms with Crippen molar-refractivity contribution in [2.24, 2.45) is 17.3 Å². The van der Waals surface area contributed by atoms with Gasteiger partial charge in [-0.15, -0.1) is 0 Å². The van der Waals surface area contributed by atoms with Crippen LogP contribution in [0.15, 0.2) is 12.2 Å². The fraction of sp³-hybridized carbons (Fsp3) is 0.818. The van der Waals surface area contributed by atoms with Crippen molar-refractivity contribution in [1.82, 2.24) is 0 Å². The van der Waals surface area contributed by atoms with E-state index in [1.165, 1.54) is 0 Å². The van der Waals surface area contributed by atoms with Crippen LogP contribution in [-0.4, -0.2) is 23.4 Å². The third kappa shape index (κ3) is 2.55. The number of rotatable bonds is 5. The van der Waals surface area contributed by atoms with E-state index in [1.54, 1.807) is 0 Å².